The van der Waals surface area contributed by atoms with Gasteiger partial charge in [0.25, 0.3) is 0 Å². The predicted molar refractivity (Wildman–Crippen MR) is 98.1 cm³/mol. The zero-order chi connectivity index (χ0) is 17.0. The molecule has 0 fully saturated rings. The molecular formula is C17H25ClN4O2. The first-order chi connectivity index (χ1) is 10.9. The standard InChI is InChI=1S/C17H24N4O2.ClH/c1-4-21(3)17(23)11(2)20-16(22)14(18)9-12-10-19-15-8-6-5-7-13(12)15;/h5-8,10-11,14,19H,4,9,18H2,1-3H3,(H,20,22);1H/t11?,14-;/m0./s1. The summed E-state index contributed by atoms with van der Waals surface area (Å²) in [4.78, 5) is 28.9. The summed E-state index contributed by atoms with van der Waals surface area (Å²) < 4.78 is 0. The number of halogens is 1. The lowest BCUT2D eigenvalue weighted by Gasteiger charge is -2.22. The average molecular weight is 353 g/mol. The van der Waals surface area contributed by atoms with Crippen molar-refractivity contribution in [1.82, 2.24) is 15.2 Å². The maximum Gasteiger partial charge on any atom is 0.244 e. The Balaban J connectivity index is 0.00000288. The number of amides is 2. The van der Waals surface area contributed by atoms with Crippen molar-refractivity contribution >= 4 is 35.1 Å². The zero-order valence-corrected chi connectivity index (χ0v) is 15.0. The maximum absolute atomic E-state index is 12.2. The quantitative estimate of drug-likeness (QED) is 0.734. The van der Waals surface area contributed by atoms with Gasteiger partial charge in [0.2, 0.25) is 11.8 Å². The lowest BCUT2D eigenvalue weighted by molar-refractivity contribution is -0.135. The fourth-order valence-electron chi connectivity index (χ4n) is 2.50. The number of fused-ring (bicyclic) bond motifs is 1. The molecular weight excluding hydrogens is 328 g/mol. The summed E-state index contributed by atoms with van der Waals surface area (Å²) in [6.45, 7) is 4.15. The lowest BCUT2D eigenvalue weighted by Crippen LogP contribution is -2.51. The monoisotopic (exact) mass is 352 g/mol. The topological polar surface area (TPSA) is 91.2 Å². The number of likely N-dealkylation sites (N-methyl/N-ethyl adjacent to an activating group) is 1. The van der Waals surface area contributed by atoms with E-state index in [0.29, 0.717) is 13.0 Å². The Morgan fingerprint density at radius 3 is 2.67 bits per heavy atom. The maximum atomic E-state index is 12.2. The summed E-state index contributed by atoms with van der Waals surface area (Å²) in [5.74, 6) is -0.444. The van der Waals surface area contributed by atoms with Crippen LogP contribution in [0.1, 0.15) is 19.4 Å². The molecule has 0 bridgehead atoms. The van der Waals surface area contributed by atoms with Crippen LogP contribution in [0.25, 0.3) is 10.9 Å². The summed E-state index contributed by atoms with van der Waals surface area (Å²) in [7, 11) is 1.71. The van der Waals surface area contributed by atoms with Crippen LogP contribution in [-0.4, -0.2) is 47.4 Å². The van der Waals surface area contributed by atoms with Gasteiger partial charge in [0.15, 0.2) is 0 Å². The molecule has 7 heteroatoms. The van der Waals surface area contributed by atoms with Crippen molar-refractivity contribution in [3.8, 4) is 0 Å². The van der Waals surface area contributed by atoms with Gasteiger partial charge in [-0.05, 0) is 31.9 Å². The van der Waals surface area contributed by atoms with Gasteiger partial charge in [-0.2, -0.15) is 0 Å². The smallest absolute Gasteiger partial charge is 0.244 e. The summed E-state index contributed by atoms with van der Waals surface area (Å²) in [5.41, 5.74) is 8.02. The molecule has 1 aromatic carbocycles. The fourth-order valence-corrected chi connectivity index (χ4v) is 2.50. The number of nitrogens with one attached hydrogen (secondary N) is 2. The number of hydrogen-bond acceptors (Lipinski definition) is 3. The van der Waals surface area contributed by atoms with Crippen LogP contribution >= 0.6 is 12.4 Å². The van der Waals surface area contributed by atoms with E-state index in [1.165, 1.54) is 0 Å². The van der Waals surface area contributed by atoms with Crippen LogP contribution < -0.4 is 11.1 Å². The van der Waals surface area contributed by atoms with E-state index in [1.54, 1.807) is 18.9 Å². The van der Waals surface area contributed by atoms with Crippen LogP contribution in [0.4, 0.5) is 0 Å². The third kappa shape index (κ3) is 4.49. The van der Waals surface area contributed by atoms with Gasteiger partial charge in [0, 0.05) is 30.7 Å². The third-order valence-electron chi connectivity index (χ3n) is 4.03. The first kappa shape index (κ1) is 20.0. The van der Waals surface area contributed by atoms with Crippen molar-refractivity contribution < 1.29 is 9.59 Å². The molecule has 4 N–H and O–H groups in total. The highest BCUT2D eigenvalue weighted by Crippen LogP contribution is 2.18. The summed E-state index contributed by atoms with van der Waals surface area (Å²) in [6, 6.07) is 6.59. The molecule has 0 aliphatic rings. The molecule has 1 heterocycles. The number of nitrogens with two attached hydrogens (primary N) is 1. The normalized spacial score (nSPS) is 13.0. The van der Waals surface area contributed by atoms with Crippen LogP contribution in [0.15, 0.2) is 30.5 Å². The van der Waals surface area contributed by atoms with E-state index < -0.39 is 12.1 Å². The molecule has 6 nitrogen and oxygen atoms in total. The first-order valence-electron chi connectivity index (χ1n) is 7.80. The van der Waals surface area contributed by atoms with E-state index in [2.05, 4.69) is 10.3 Å². The molecule has 2 atom stereocenters. The highest BCUT2D eigenvalue weighted by Gasteiger charge is 2.22. The second-order valence-corrected chi connectivity index (χ2v) is 5.75. The van der Waals surface area contributed by atoms with Gasteiger partial charge in [-0.25, -0.2) is 0 Å². The number of carbonyl (C=O) groups excluding carboxylic acids is 2. The Labute approximate surface area is 148 Å². The van der Waals surface area contributed by atoms with Crippen molar-refractivity contribution in [2.45, 2.75) is 32.4 Å². The average Bonchev–Trinajstić information content (AvgIpc) is 2.96. The molecule has 2 aromatic rings. The fraction of sp³-hybridized carbons (Fsp3) is 0.412. The molecule has 0 saturated carbocycles. The van der Waals surface area contributed by atoms with E-state index in [9.17, 15) is 9.59 Å². The van der Waals surface area contributed by atoms with Crippen molar-refractivity contribution in [3.63, 3.8) is 0 Å². The van der Waals surface area contributed by atoms with Crippen LogP contribution in [0.2, 0.25) is 0 Å². The molecule has 24 heavy (non-hydrogen) atoms. The summed E-state index contributed by atoms with van der Waals surface area (Å²) in [6.07, 6.45) is 2.29. The Morgan fingerprint density at radius 2 is 2.00 bits per heavy atom. The van der Waals surface area contributed by atoms with Crippen LogP contribution in [0, 0.1) is 0 Å². The number of carbonyl (C=O) groups is 2. The van der Waals surface area contributed by atoms with Gasteiger partial charge >= 0.3 is 0 Å². The van der Waals surface area contributed by atoms with Crippen LogP contribution in [0.3, 0.4) is 0 Å². The van der Waals surface area contributed by atoms with E-state index in [-0.39, 0.29) is 24.2 Å². The molecule has 0 saturated heterocycles. The minimum absolute atomic E-state index is 0. The Bertz CT molecular complexity index is 701. The summed E-state index contributed by atoms with van der Waals surface area (Å²) in [5, 5.41) is 3.75. The number of nitrogens with zero attached hydrogens (tertiary/aromatic N) is 1. The molecule has 1 aromatic heterocycles. The Kier molecular flexibility index (Phi) is 7.25. The van der Waals surface area contributed by atoms with Gasteiger partial charge in [0.1, 0.15) is 6.04 Å². The molecule has 1 unspecified atom stereocenters. The molecule has 2 amide bonds. The van der Waals surface area contributed by atoms with Crippen molar-refractivity contribution in [3.05, 3.63) is 36.0 Å². The number of benzene rings is 1. The van der Waals surface area contributed by atoms with E-state index in [1.807, 2.05) is 37.4 Å². The minimum Gasteiger partial charge on any atom is -0.361 e. The second kappa shape index (κ2) is 8.70. The van der Waals surface area contributed by atoms with Gasteiger partial charge in [0.05, 0.1) is 6.04 Å². The van der Waals surface area contributed by atoms with Gasteiger partial charge in [-0.3, -0.25) is 9.59 Å². The molecule has 0 radical (unpaired) electrons. The van der Waals surface area contributed by atoms with E-state index >= 15 is 0 Å². The van der Waals surface area contributed by atoms with E-state index in [0.717, 1.165) is 16.5 Å². The molecule has 2 rings (SSSR count). The lowest BCUT2D eigenvalue weighted by atomic mass is 10.0. The molecule has 132 valence electrons. The molecule has 0 aliphatic carbocycles. The minimum atomic E-state index is -0.698. The SMILES string of the molecule is CCN(C)C(=O)C(C)NC(=O)[C@@H](N)Cc1c[nH]c2ccccc12.Cl. The highest BCUT2D eigenvalue weighted by molar-refractivity contribution is 5.90. The number of hydrogen-bond donors (Lipinski definition) is 3. The number of rotatable bonds is 6. The summed E-state index contributed by atoms with van der Waals surface area (Å²) >= 11 is 0. The first-order valence-corrected chi connectivity index (χ1v) is 7.80. The van der Waals surface area contributed by atoms with Crippen LogP contribution in [0.5, 0.6) is 0 Å². The van der Waals surface area contributed by atoms with Gasteiger partial charge in [-0.1, -0.05) is 18.2 Å². The number of aromatic amines is 1. The zero-order valence-electron chi connectivity index (χ0n) is 14.2. The molecule has 0 aliphatic heterocycles. The number of para-hydroxylation sites is 1. The molecule has 0 spiro atoms. The number of H-pyrrole nitrogens is 1. The van der Waals surface area contributed by atoms with Crippen molar-refractivity contribution in [2.75, 3.05) is 13.6 Å². The van der Waals surface area contributed by atoms with Crippen LogP contribution in [-0.2, 0) is 16.0 Å². The third-order valence-corrected chi connectivity index (χ3v) is 4.03. The second-order valence-electron chi connectivity index (χ2n) is 5.75. The Hall–Kier alpha value is -2.05. The van der Waals surface area contributed by atoms with Gasteiger partial charge < -0.3 is 20.9 Å². The predicted octanol–water partition coefficient (Wildman–Crippen LogP) is 1.44. The highest BCUT2D eigenvalue weighted by atomic mass is 35.5. The van der Waals surface area contributed by atoms with E-state index in [4.69, 9.17) is 5.73 Å². The van der Waals surface area contributed by atoms with Crippen molar-refractivity contribution in [1.29, 1.82) is 0 Å². The van der Waals surface area contributed by atoms with Crippen molar-refractivity contribution in [2.24, 2.45) is 5.73 Å². The van der Waals surface area contributed by atoms with Gasteiger partial charge in [-0.15, -0.1) is 12.4 Å². The Morgan fingerprint density at radius 1 is 1.33 bits per heavy atom. The number of aromatic nitrogens is 1. The largest absolute Gasteiger partial charge is 0.361 e.